The summed E-state index contributed by atoms with van der Waals surface area (Å²) in [6, 6.07) is 20.7. The van der Waals surface area contributed by atoms with E-state index in [9.17, 15) is 9.59 Å². The number of halogens is 2. The zero-order valence-electron chi connectivity index (χ0n) is 14.4. The van der Waals surface area contributed by atoms with E-state index >= 15 is 0 Å². The number of carbonyl (C=O) groups excluding carboxylic acids is 1. The Bertz CT molecular complexity index is 1260. The zero-order chi connectivity index (χ0) is 19.7. The number of rotatable bonds is 3. The lowest BCUT2D eigenvalue weighted by Gasteiger charge is -2.08. The molecule has 1 amide bonds. The molecule has 28 heavy (non-hydrogen) atoms. The second-order valence-corrected chi connectivity index (χ2v) is 6.96. The van der Waals surface area contributed by atoms with Gasteiger partial charge in [0.2, 0.25) is 0 Å². The third-order valence-electron chi connectivity index (χ3n) is 4.25. The van der Waals surface area contributed by atoms with E-state index in [2.05, 4.69) is 5.32 Å². The van der Waals surface area contributed by atoms with Crippen LogP contribution in [0.4, 0.5) is 5.69 Å². The van der Waals surface area contributed by atoms with Crippen molar-refractivity contribution < 1.29 is 9.21 Å². The van der Waals surface area contributed by atoms with Gasteiger partial charge in [-0.05, 0) is 48.0 Å². The van der Waals surface area contributed by atoms with E-state index in [0.29, 0.717) is 38.0 Å². The Hall–Kier alpha value is -3.08. The maximum absolute atomic E-state index is 12.6. The van der Waals surface area contributed by atoms with Crippen LogP contribution in [0.2, 0.25) is 10.0 Å². The van der Waals surface area contributed by atoms with E-state index in [-0.39, 0.29) is 5.91 Å². The standard InChI is InChI=1S/C22H13Cl2NO3/c23-18-9-8-16(12-19(18)24)25-21(26)15-6-3-5-13(10-15)17-11-14-4-1-2-7-20(14)28-22(17)27/h1-12H,(H,25,26). The summed E-state index contributed by atoms with van der Waals surface area (Å²) in [7, 11) is 0. The van der Waals surface area contributed by atoms with Gasteiger partial charge in [-0.25, -0.2) is 4.79 Å². The summed E-state index contributed by atoms with van der Waals surface area (Å²) >= 11 is 11.9. The van der Waals surface area contributed by atoms with Crippen LogP contribution in [0.3, 0.4) is 0 Å². The van der Waals surface area contributed by atoms with Gasteiger partial charge in [-0.15, -0.1) is 0 Å². The van der Waals surface area contributed by atoms with Crippen LogP contribution in [0.25, 0.3) is 22.1 Å². The summed E-state index contributed by atoms with van der Waals surface area (Å²) in [5, 5.41) is 4.33. The normalized spacial score (nSPS) is 10.8. The highest BCUT2D eigenvalue weighted by atomic mass is 35.5. The van der Waals surface area contributed by atoms with Gasteiger partial charge in [0.15, 0.2) is 0 Å². The molecule has 0 spiro atoms. The maximum Gasteiger partial charge on any atom is 0.344 e. The summed E-state index contributed by atoms with van der Waals surface area (Å²) < 4.78 is 5.38. The topological polar surface area (TPSA) is 59.3 Å². The lowest BCUT2D eigenvalue weighted by atomic mass is 10.0. The predicted molar refractivity (Wildman–Crippen MR) is 112 cm³/mol. The Kier molecular flexibility index (Phi) is 4.90. The van der Waals surface area contributed by atoms with Crippen molar-refractivity contribution in [3.8, 4) is 11.1 Å². The number of para-hydroxylation sites is 1. The molecule has 0 aliphatic heterocycles. The van der Waals surface area contributed by atoms with Crippen molar-refractivity contribution in [1.29, 1.82) is 0 Å². The van der Waals surface area contributed by atoms with Gasteiger partial charge >= 0.3 is 5.63 Å². The van der Waals surface area contributed by atoms with Crippen molar-refractivity contribution in [2.75, 3.05) is 5.32 Å². The van der Waals surface area contributed by atoms with Gasteiger partial charge in [0.05, 0.1) is 15.6 Å². The van der Waals surface area contributed by atoms with Crippen LogP contribution in [-0.2, 0) is 0 Å². The second-order valence-electron chi connectivity index (χ2n) is 6.15. The molecule has 138 valence electrons. The van der Waals surface area contributed by atoms with Gasteiger partial charge in [-0.2, -0.15) is 0 Å². The van der Waals surface area contributed by atoms with Crippen LogP contribution in [0, 0.1) is 0 Å². The molecular formula is C22H13Cl2NO3. The Morgan fingerprint density at radius 2 is 1.68 bits per heavy atom. The van der Waals surface area contributed by atoms with Crippen LogP contribution >= 0.6 is 23.2 Å². The fraction of sp³-hybridized carbons (Fsp3) is 0. The van der Waals surface area contributed by atoms with Crippen LogP contribution in [0.15, 0.2) is 82.0 Å². The number of carbonyl (C=O) groups is 1. The quantitative estimate of drug-likeness (QED) is 0.420. The summed E-state index contributed by atoms with van der Waals surface area (Å²) in [6.07, 6.45) is 0. The van der Waals surface area contributed by atoms with Crippen LogP contribution < -0.4 is 10.9 Å². The molecule has 1 N–H and O–H groups in total. The lowest BCUT2D eigenvalue weighted by Crippen LogP contribution is -2.12. The van der Waals surface area contributed by atoms with E-state index in [1.165, 1.54) is 0 Å². The molecule has 4 rings (SSSR count). The van der Waals surface area contributed by atoms with Gasteiger partial charge in [0, 0.05) is 16.6 Å². The van der Waals surface area contributed by atoms with Gasteiger partial charge < -0.3 is 9.73 Å². The molecule has 0 bridgehead atoms. The number of benzene rings is 3. The average molecular weight is 410 g/mol. The number of amides is 1. The summed E-state index contributed by atoms with van der Waals surface area (Å²) in [5.41, 5.74) is 1.97. The molecule has 1 aromatic heterocycles. The molecule has 6 heteroatoms. The third kappa shape index (κ3) is 3.65. The molecule has 0 atom stereocenters. The summed E-state index contributed by atoms with van der Waals surface area (Å²) in [4.78, 5) is 25.0. The molecule has 4 aromatic rings. The number of hydrogen-bond acceptors (Lipinski definition) is 3. The van der Waals surface area contributed by atoms with Crippen LogP contribution in [0.5, 0.6) is 0 Å². The fourth-order valence-electron chi connectivity index (χ4n) is 2.87. The predicted octanol–water partition coefficient (Wildman–Crippen LogP) is 6.02. The van der Waals surface area contributed by atoms with Gasteiger partial charge in [0.1, 0.15) is 5.58 Å². The second kappa shape index (κ2) is 7.50. The number of hydrogen-bond donors (Lipinski definition) is 1. The van der Waals surface area contributed by atoms with Crippen molar-refractivity contribution in [2.24, 2.45) is 0 Å². The molecule has 0 aliphatic rings. The maximum atomic E-state index is 12.6. The molecule has 1 heterocycles. The van der Waals surface area contributed by atoms with E-state index < -0.39 is 5.63 Å². The van der Waals surface area contributed by atoms with Crippen LogP contribution in [0.1, 0.15) is 10.4 Å². The molecule has 3 aromatic carbocycles. The van der Waals surface area contributed by atoms with Crippen molar-refractivity contribution >= 4 is 45.8 Å². The monoisotopic (exact) mass is 409 g/mol. The lowest BCUT2D eigenvalue weighted by molar-refractivity contribution is 0.102. The molecule has 0 radical (unpaired) electrons. The molecule has 4 nitrogen and oxygen atoms in total. The van der Waals surface area contributed by atoms with Gasteiger partial charge in [-0.1, -0.05) is 53.5 Å². The summed E-state index contributed by atoms with van der Waals surface area (Å²) in [6.45, 7) is 0. The van der Waals surface area contributed by atoms with Crippen molar-refractivity contribution in [3.05, 3.63) is 98.8 Å². The fourth-order valence-corrected chi connectivity index (χ4v) is 3.17. The van der Waals surface area contributed by atoms with Crippen molar-refractivity contribution in [2.45, 2.75) is 0 Å². The van der Waals surface area contributed by atoms with E-state index in [1.54, 1.807) is 60.7 Å². The first-order valence-corrected chi connectivity index (χ1v) is 9.16. The molecule has 0 saturated carbocycles. The van der Waals surface area contributed by atoms with Crippen molar-refractivity contribution in [1.82, 2.24) is 0 Å². The molecule has 0 fully saturated rings. The largest absolute Gasteiger partial charge is 0.422 e. The molecule has 0 unspecified atom stereocenters. The first-order chi connectivity index (χ1) is 13.5. The first-order valence-electron chi connectivity index (χ1n) is 8.41. The Balaban J connectivity index is 1.68. The highest BCUT2D eigenvalue weighted by molar-refractivity contribution is 6.42. The Morgan fingerprint density at radius 1 is 0.857 bits per heavy atom. The molecule has 0 saturated heterocycles. The molecular weight excluding hydrogens is 397 g/mol. The average Bonchev–Trinajstić information content (AvgIpc) is 2.70. The zero-order valence-corrected chi connectivity index (χ0v) is 15.9. The highest BCUT2D eigenvalue weighted by Crippen LogP contribution is 2.26. The van der Waals surface area contributed by atoms with Gasteiger partial charge in [0.25, 0.3) is 5.91 Å². The van der Waals surface area contributed by atoms with E-state index in [0.717, 1.165) is 5.39 Å². The minimum absolute atomic E-state index is 0.328. The Morgan fingerprint density at radius 3 is 2.50 bits per heavy atom. The molecule has 0 aliphatic carbocycles. The summed E-state index contributed by atoms with van der Waals surface area (Å²) in [5.74, 6) is -0.328. The van der Waals surface area contributed by atoms with Crippen LogP contribution in [-0.4, -0.2) is 5.91 Å². The minimum Gasteiger partial charge on any atom is -0.422 e. The van der Waals surface area contributed by atoms with E-state index in [1.807, 2.05) is 12.1 Å². The van der Waals surface area contributed by atoms with Crippen molar-refractivity contribution in [3.63, 3.8) is 0 Å². The minimum atomic E-state index is -0.458. The smallest absolute Gasteiger partial charge is 0.344 e. The first kappa shape index (κ1) is 18.3. The number of nitrogens with one attached hydrogen (secondary N) is 1. The van der Waals surface area contributed by atoms with E-state index in [4.69, 9.17) is 27.6 Å². The SMILES string of the molecule is O=C(Nc1ccc(Cl)c(Cl)c1)c1cccc(-c2cc3ccccc3oc2=O)c1. The Labute approximate surface area is 170 Å². The third-order valence-corrected chi connectivity index (χ3v) is 4.99. The number of anilines is 1. The number of fused-ring (bicyclic) bond motifs is 1. The highest BCUT2D eigenvalue weighted by Gasteiger charge is 2.12. The van der Waals surface area contributed by atoms with Gasteiger partial charge in [-0.3, -0.25) is 4.79 Å².